The van der Waals surface area contributed by atoms with E-state index in [1.807, 2.05) is 6.07 Å². The summed E-state index contributed by atoms with van der Waals surface area (Å²) in [5.74, 6) is 0.717. The van der Waals surface area contributed by atoms with Gasteiger partial charge in [-0.3, -0.25) is 9.36 Å². The summed E-state index contributed by atoms with van der Waals surface area (Å²) in [4.78, 5) is 27.9. The fourth-order valence-corrected chi connectivity index (χ4v) is 4.72. The van der Waals surface area contributed by atoms with Gasteiger partial charge in [0.15, 0.2) is 0 Å². The van der Waals surface area contributed by atoms with Gasteiger partial charge in [-0.05, 0) is 42.8 Å². The number of nitrogens with zero attached hydrogens (tertiary/aromatic N) is 5. The van der Waals surface area contributed by atoms with Crippen LogP contribution in [0, 0.1) is 0 Å². The van der Waals surface area contributed by atoms with Gasteiger partial charge in [0, 0.05) is 56.0 Å². The molecular weight excluding hydrogens is 551 g/mol. The first-order valence-electron chi connectivity index (χ1n) is 13.4. The first-order valence-corrected chi connectivity index (χ1v) is 13.4. The zero-order valence-electron chi connectivity index (χ0n) is 22.8. The maximum Gasteiger partial charge on any atom is 0.419 e. The van der Waals surface area contributed by atoms with Crippen molar-refractivity contribution in [1.29, 1.82) is 0 Å². The predicted octanol–water partition coefficient (Wildman–Crippen LogP) is 4.15. The third kappa shape index (κ3) is 6.86. The highest BCUT2D eigenvalue weighted by Crippen LogP contribution is 2.39. The Morgan fingerprint density at radius 2 is 1.88 bits per heavy atom. The number of amides is 1. The quantitative estimate of drug-likeness (QED) is 0.270. The summed E-state index contributed by atoms with van der Waals surface area (Å²) in [5.41, 5.74) is -0.314. The molecule has 42 heavy (non-hydrogen) atoms. The lowest BCUT2D eigenvalue weighted by Gasteiger charge is -2.31. The van der Waals surface area contributed by atoms with Crippen molar-refractivity contribution < 1.29 is 27.8 Å². The van der Waals surface area contributed by atoms with Crippen LogP contribution in [0.15, 0.2) is 67.1 Å². The number of nitrogens with one attached hydrogen (secondary N) is 2. The van der Waals surface area contributed by atoms with Gasteiger partial charge in [0.2, 0.25) is 5.95 Å². The molecule has 3 N–H and O–H groups in total. The van der Waals surface area contributed by atoms with Gasteiger partial charge >= 0.3 is 6.18 Å². The van der Waals surface area contributed by atoms with Crippen LogP contribution < -0.4 is 15.5 Å². The number of ether oxygens (including phenoxy) is 1. The van der Waals surface area contributed by atoms with Crippen molar-refractivity contribution in [2.24, 2.45) is 0 Å². The topological polar surface area (TPSA) is 117 Å². The van der Waals surface area contributed by atoms with Gasteiger partial charge in [0.25, 0.3) is 5.91 Å². The van der Waals surface area contributed by atoms with Crippen molar-refractivity contribution in [1.82, 2.24) is 19.5 Å². The van der Waals surface area contributed by atoms with E-state index in [4.69, 9.17) is 4.74 Å². The Hall–Kier alpha value is -4.49. The van der Waals surface area contributed by atoms with E-state index < -0.39 is 29.3 Å². The number of carbonyl (C=O) groups is 1. The van der Waals surface area contributed by atoms with E-state index in [0.717, 1.165) is 5.56 Å². The van der Waals surface area contributed by atoms with Crippen LogP contribution in [-0.4, -0.2) is 69.5 Å². The summed E-state index contributed by atoms with van der Waals surface area (Å²) in [7, 11) is 0. The molecule has 4 aromatic rings. The van der Waals surface area contributed by atoms with Gasteiger partial charge in [0.05, 0.1) is 30.4 Å². The van der Waals surface area contributed by atoms with E-state index in [9.17, 15) is 23.1 Å². The van der Waals surface area contributed by atoms with E-state index in [1.54, 1.807) is 59.2 Å². The molecule has 3 heterocycles. The summed E-state index contributed by atoms with van der Waals surface area (Å²) < 4.78 is 49.8. The van der Waals surface area contributed by atoms with E-state index in [2.05, 4.69) is 25.6 Å². The number of hydrogen-bond donors (Lipinski definition) is 3. The molecule has 1 saturated heterocycles. The molecule has 1 aliphatic rings. The van der Waals surface area contributed by atoms with E-state index in [0.29, 0.717) is 62.5 Å². The molecule has 10 nitrogen and oxygen atoms in total. The first kappa shape index (κ1) is 29.0. The number of benzene rings is 2. The Balaban J connectivity index is 1.35. The first-order chi connectivity index (χ1) is 20.2. The number of hydrogen-bond acceptors (Lipinski definition) is 8. The fourth-order valence-electron chi connectivity index (χ4n) is 4.72. The fraction of sp³-hybridized carbons (Fsp3) is 0.310. The number of imidazole rings is 1. The van der Waals surface area contributed by atoms with Crippen molar-refractivity contribution in [3.8, 4) is 5.82 Å². The minimum absolute atomic E-state index is 0.0343. The number of aromatic nitrogens is 4. The van der Waals surface area contributed by atoms with Gasteiger partial charge < -0.3 is 25.4 Å². The molecule has 1 fully saturated rings. The molecule has 2 aromatic heterocycles. The predicted molar refractivity (Wildman–Crippen MR) is 151 cm³/mol. The number of halogens is 3. The number of morpholine rings is 1. The second-order valence-corrected chi connectivity index (χ2v) is 9.81. The summed E-state index contributed by atoms with van der Waals surface area (Å²) in [5, 5.41) is 15.1. The Morgan fingerprint density at radius 1 is 1.10 bits per heavy atom. The van der Waals surface area contributed by atoms with Crippen molar-refractivity contribution in [2.75, 3.05) is 48.4 Å². The molecule has 1 atom stereocenters. The van der Waals surface area contributed by atoms with E-state index in [-0.39, 0.29) is 5.69 Å². The third-order valence-corrected chi connectivity index (χ3v) is 6.63. The van der Waals surface area contributed by atoms with Crippen LogP contribution in [0.2, 0.25) is 0 Å². The number of rotatable bonds is 9. The highest BCUT2D eigenvalue weighted by atomic mass is 19.4. The molecule has 220 valence electrons. The maximum absolute atomic E-state index is 14.2. The lowest BCUT2D eigenvalue weighted by atomic mass is 10.0. The summed E-state index contributed by atoms with van der Waals surface area (Å²) in [6.45, 7) is 3.19. The summed E-state index contributed by atoms with van der Waals surface area (Å²) >= 11 is 0. The highest BCUT2D eigenvalue weighted by Gasteiger charge is 2.39. The molecule has 0 bridgehead atoms. The van der Waals surface area contributed by atoms with Crippen LogP contribution in [0.3, 0.4) is 0 Å². The van der Waals surface area contributed by atoms with Crippen molar-refractivity contribution in [2.45, 2.75) is 25.6 Å². The molecule has 1 unspecified atom stereocenters. The minimum Gasteiger partial charge on any atom is -0.392 e. The molecule has 0 saturated carbocycles. The van der Waals surface area contributed by atoms with E-state index >= 15 is 0 Å². The maximum atomic E-state index is 14.2. The average molecular weight is 582 g/mol. The standard InChI is InChI=1S/C29H30F3N7O3/c1-19(40)18-35-28-34-9-8-24(37-28)39-11-10-33-25(39)17-20-4-2-5-21(16-20)36-27(41)22-6-3-7-23(26(22)29(30,31)32)38-12-14-42-15-13-38/h2-11,16,19,40H,12-15,17-18H2,1H3,(H,36,41)(H,34,35,37). The lowest BCUT2D eigenvalue weighted by Crippen LogP contribution is -2.38. The van der Waals surface area contributed by atoms with Gasteiger partial charge in [-0.2, -0.15) is 18.2 Å². The molecule has 13 heteroatoms. The van der Waals surface area contributed by atoms with Crippen LogP contribution in [0.5, 0.6) is 0 Å². The van der Waals surface area contributed by atoms with Crippen LogP contribution in [0.4, 0.5) is 30.5 Å². The van der Waals surface area contributed by atoms with Gasteiger partial charge in [-0.15, -0.1) is 0 Å². The lowest BCUT2D eigenvalue weighted by molar-refractivity contribution is -0.137. The molecule has 2 aromatic carbocycles. The number of alkyl halides is 3. The Labute approximate surface area is 240 Å². The second-order valence-electron chi connectivity index (χ2n) is 9.81. The largest absolute Gasteiger partial charge is 0.419 e. The monoisotopic (exact) mass is 581 g/mol. The molecule has 0 spiro atoms. The molecule has 0 radical (unpaired) electrons. The molecular formula is C29H30F3N7O3. The van der Waals surface area contributed by atoms with E-state index in [1.165, 1.54) is 18.2 Å². The number of carbonyl (C=O) groups excluding carboxylic acids is 1. The normalized spacial score (nSPS) is 14.5. The molecule has 1 aliphatic heterocycles. The molecule has 0 aliphatic carbocycles. The number of aliphatic hydroxyl groups excluding tert-OH is 1. The Morgan fingerprint density at radius 3 is 2.64 bits per heavy atom. The summed E-state index contributed by atoms with van der Waals surface area (Å²) in [6, 6.07) is 12.6. The van der Waals surface area contributed by atoms with Crippen molar-refractivity contribution >= 4 is 23.2 Å². The molecule has 1 amide bonds. The minimum atomic E-state index is -4.73. The van der Waals surface area contributed by atoms with Gasteiger partial charge in [0.1, 0.15) is 11.6 Å². The second kappa shape index (κ2) is 12.6. The van der Waals surface area contributed by atoms with Crippen LogP contribution in [-0.2, 0) is 17.3 Å². The Kier molecular flexibility index (Phi) is 8.69. The zero-order valence-corrected chi connectivity index (χ0v) is 22.8. The average Bonchev–Trinajstić information content (AvgIpc) is 3.44. The van der Waals surface area contributed by atoms with Crippen molar-refractivity contribution in [3.05, 3.63) is 89.6 Å². The van der Waals surface area contributed by atoms with Crippen LogP contribution in [0.1, 0.15) is 34.2 Å². The number of anilines is 3. The SMILES string of the molecule is CC(O)CNc1nccc(-n2ccnc2Cc2cccc(NC(=O)c3cccc(N4CCOCC4)c3C(F)(F)F)c2)n1. The highest BCUT2D eigenvalue weighted by molar-refractivity contribution is 6.06. The van der Waals surface area contributed by atoms with Gasteiger partial charge in [-0.1, -0.05) is 18.2 Å². The third-order valence-electron chi connectivity index (χ3n) is 6.63. The van der Waals surface area contributed by atoms with Crippen molar-refractivity contribution in [3.63, 3.8) is 0 Å². The van der Waals surface area contributed by atoms with Crippen LogP contribution in [0.25, 0.3) is 5.82 Å². The summed E-state index contributed by atoms with van der Waals surface area (Å²) in [6.07, 6.45) is 0.0386. The van der Waals surface area contributed by atoms with Gasteiger partial charge in [-0.25, -0.2) is 9.97 Å². The molecule has 5 rings (SSSR count). The zero-order chi connectivity index (χ0) is 29.7. The van der Waals surface area contributed by atoms with Crippen LogP contribution >= 0.6 is 0 Å². The Bertz CT molecular complexity index is 1530. The smallest absolute Gasteiger partial charge is 0.392 e. The number of aliphatic hydroxyl groups is 1.